The first-order chi connectivity index (χ1) is 8.63. The van der Waals surface area contributed by atoms with E-state index in [1.54, 1.807) is 30.4 Å². The van der Waals surface area contributed by atoms with E-state index in [0.717, 1.165) is 5.56 Å². The predicted octanol–water partition coefficient (Wildman–Crippen LogP) is 2.85. The number of Topliss-reactive ketones (excluding diaryl/α,β-unsaturated/α-hetero) is 1. The lowest BCUT2D eigenvalue weighted by atomic mass is 10.1. The monoisotopic (exact) mass is 244 g/mol. The summed E-state index contributed by atoms with van der Waals surface area (Å²) in [5.74, 6) is -0.726. The van der Waals surface area contributed by atoms with E-state index in [9.17, 15) is 9.59 Å². The maximum absolute atomic E-state index is 11.7. The number of rotatable bonds is 5. The molecule has 1 aromatic rings. The second-order valence-corrected chi connectivity index (χ2v) is 3.78. The zero-order valence-electron chi connectivity index (χ0n) is 10.6. The summed E-state index contributed by atoms with van der Waals surface area (Å²) >= 11 is 0. The molecule has 0 fully saturated rings. The highest BCUT2D eigenvalue weighted by Gasteiger charge is 2.07. The Morgan fingerprint density at radius 1 is 1.17 bits per heavy atom. The lowest BCUT2D eigenvalue weighted by Crippen LogP contribution is -2.12. The van der Waals surface area contributed by atoms with Crippen molar-refractivity contribution in [2.75, 3.05) is 6.61 Å². The van der Waals surface area contributed by atoms with E-state index in [1.165, 1.54) is 6.08 Å². The Kier molecular flexibility index (Phi) is 5.58. The molecule has 0 N–H and O–H groups in total. The van der Waals surface area contributed by atoms with Gasteiger partial charge in [0.2, 0.25) is 0 Å². The fraction of sp³-hybridized carbons (Fsp3) is 0.200. The molecule has 1 rings (SSSR count). The molecular formula is C15H16O3. The average molecular weight is 244 g/mol. The highest BCUT2D eigenvalue weighted by atomic mass is 16.5. The Morgan fingerprint density at radius 3 is 2.44 bits per heavy atom. The number of ether oxygens (including phenoxy) is 1. The van der Waals surface area contributed by atoms with Crippen molar-refractivity contribution >= 4 is 11.8 Å². The van der Waals surface area contributed by atoms with Gasteiger partial charge in [-0.2, -0.15) is 0 Å². The fourth-order valence-corrected chi connectivity index (χ4v) is 1.25. The lowest BCUT2D eigenvalue weighted by molar-refractivity contribution is -0.136. The number of aryl methyl sites for hydroxylation is 1. The van der Waals surface area contributed by atoms with E-state index in [-0.39, 0.29) is 12.4 Å². The molecule has 0 amide bonds. The van der Waals surface area contributed by atoms with Crippen molar-refractivity contribution in [2.45, 2.75) is 13.8 Å². The second-order valence-electron chi connectivity index (χ2n) is 3.78. The molecule has 0 heterocycles. The van der Waals surface area contributed by atoms with Gasteiger partial charge in [-0.3, -0.25) is 4.79 Å². The Morgan fingerprint density at radius 2 is 1.83 bits per heavy atom. The predicted molar refractivity (Wildman–Crippen MR) is 70.4 cm³/mol. The smallest absolute Gasteiger partial charge is 0.331 e. The molecule has 0 saturated carbocycles. The molecule has 0 spiro atoms. The molecular weight excluding hydrogens is 228 g/mol. The van der Waals surface area contributed by atoms with Gasteiger partial charge in [-0.15, -0.1) is 0 Å². The molecule has 0 aliphatic carbocycles. The van der Waals surface area contributed by atoms with Crippen LogP contribution in [0, 0.1) is 6.92 Å². The third-order valence-electron chi connectivity index (χ3n) is 2.25. The van der Waals surface area contributed by atoms with Crippen LogP contribution in [0.4, 0.5) is 0 Å². The molecule has 1 aromatic carbocycles. The SMILES string of the molecule is CC=CC=CC(=O)OCC(=O)c1ccc(C)cc1. The molecule has 0 unspecified atom stereocenters. The van der Waals surface area contributed by atoms with Crippen molar-refractivity contribution in [2.24, 2.45) is 0 Å². The molecule has 18 heavy (non-hydrogen) atoms. The Bertz CT molecular complexity index is 467. The molecule has 0 radical (unpaired) electrons. The summed E-state index contributed by atoms with van der Waals surface area (Å²) in [5.41, 5.74) is 1.63. The number of carbonyl (C=O) groups excluding carboxylic acids is 2. The maximum Gasteiger partial charge on any atom is 0.331 e. The summed E-state index contributed by atoms with van der Waals surface area (Å²) < 4.78 is 4.83. The topological polar surface area (TPSA) is 43.4 Å². The first-order valence-corrected chi connectivity index (χ1v) is 5.69. The third-order valence-corrected chi connectivity index (χ3v) is 2.25. The Balaban J connectivity index is 2.46. The third kappa shape index (κ3) is 4.78. The molecule has 0 aliphatic heterocycles. The van der Waals surface area contributed by atoms with Crippen molar-refractivity contribution in [1.82, 2.24) is 0 Å². The van der Waals surface area contributed by atoms with Gasteiger partial charge < -0.3 is 4.74 Å². The number of allylic oxidation sites excluding steroid dienone is 3. The van der Waals surface area contributed by atoms with Gasteiger partial charge in [0, 0.05) is 11.6 Å². The summed E-state index contributed by atoms with van der Waals surface area (Å²) in [7, 11) is 0. The van der Waals surface area contributed by atoms with Crippen LogP contribution in [0.1, 0.15) is 22.8 Å². The van der Waals surface area contributed by atoms with Gasteiger partial charge in [0.05, 0.1) is 0 Å². The molecule has 3 nitrogen and oxygen atoms in total. The van der Waals surface area contributed by atoms with Gasteiger partial charge in [0.1, 0.15) is 0 Å². The number of benzene rings is 1. The first kappa shape index (κ1) is 13.9. The quantitative estimate of drug-likeness (QED) is 0.346. The van der Waals surface area contributed by atoms with Gasteiger partial charge in [-0.25, -0.2) is 4.79 Å². The van der Waals surface area contributed by atoms with E-state index < -0.39 is 5.97 Å². The van der Waals surface area contributed by atoms with Crippen LogP contribution in [0.3, 0.4) is 0 Å². The van der Waals surface area contributed by atoms with Gasteiger partial charge in [-0.1, -0.05) is 48.1 Å². The Labute approximate surface area is 107 Å². The molecule has 0 aliphatic rings. The van der Waals surface area contributed by atoms with Crippen LogP contribution in [-0.4, -0.2) is 18.4 Å². The normalized spacial score (nSPS) is 11.0. The van der Waals surface area contributed by atoms with Crippen molar-refractivity contribution in [1.29, 1.82) is 0 Å². The number of hydrogen-bond donors (Lipinski definition) is 0. The van der Waals surface area contributed by atoms with Crippen molar-refractivity contribution in [3.05, 3.63) is 59.7 Å². The van der Waals surface area contributed by atoms with Crippen molar-refractivity contribution in [3.63, 3.8) is 0 Å². The summed E-state index contributed by atoms with van der Waals surface area (Å²) in [6.45, 7) is 3.55. The average Bonchev–Trinajstić information content (AvgIpc) is 2.37. The highest BCUT2D eigenvalue weighted by Crippen LogP contribution is 2.04. The van der Waals surface area contributed by atoms with Crippen molar-refractivity contribution in [3.8, 4) is 0 Å². The van der Waals surface area contributed by atoms with E-state index in [0.29, 0.717) is 5.56 Å². The molecule has 3 heteroatoms. The minimum atomic E-state index is -0.520. The number of carbonyl (C=O) groups is 2. The van der Waals surface area contributed by atoms with E-state index in [1.807, 2.05) is 26.0 Å². The second kappa shape index (κ2) is 7.22. The minimum absolute atomic E-state index is 0.206. The number of ketones is 1. The van der Waals surface area contributed by atoms with E-state index in [4.69, 9.17) is 4.74 Å². The minimum Gasteiger partial charge on any atom is -0.454 e. The lowest BCUT2D eigenvalue weighted by Gasteiger charge is -2.02. The van der Waals surface area contributed by atoms with Gasteiger partial charge >= 0.3 is 5.97 Å². The van der Waals surface area contributed by atoms with Crippen LogP contribution >= 0.6 is 0 Å². The van der Waals surface area contributed by atoms with Crippen LogP contribution in [0.5, 0.6) is 0 Å². The summed E-state index contributed by atoms with van der Waals surface area (Å²) in [6, 6.07) is 7.14. The van der Waals surface area contributed by atoms with Crippen LogP contribution in [-0.2, 0) is 9.53 Å². The Hall–Kier alpha value is -2.16. The van der Waals surface area contributed by atoms with E-state index >= 15 is 0 Å². The van der Waals surface area contributed by atoms with Gasteiger partial charge in [0.15, 0.2) is 12.4 Å². The summed E-state index contributed by atoms with van der Waals surface area (Å²) in [5, 5.41) is 0. The van der Waals surface area contributed by atoms with Gasteiger partial charge in [-0.05, 0) is 13.8 Å². The molecule has 0 aromatic heterocycles. The van der Waals surface area contributed by atoms with Crippen LogP contribution in [0.25, 0.3) is 0 Å². The first-order valence-electron chi connectivity index (χ1n) is 5.69. The zero-order valence-corrected chi connectivity index (χ0v) is 10.6. The van der Waals surface area contributed by atoms with Crippen LogP contribution < -0.4 is 0 Å². The van der Waals surface area contributed by atoms with Crippen LogP contribution in [0.15, 0.2) is 48.6 Å². The van der Waals surface area contributed by atoms with E-state index in [2.05, 4.69) is 0 Å². The maximum atomic E-state index is 11.7. The highest BCUT2D eigenvalue weighted by molar-refractivity contribution is 5.98. The number of hydrogen-bond acceptors (Lipinski definition) is 3. The molecule has 0 saturated heterocycles. The van der Waals surface area contributed by atoms with Gasteiger partial charge in [0.25, 0.3) is 0 Å². The standard InChI is InChI=1S/C15H16O3/c1-3-4-5-6-15(17)18-11-14(16)13-9-7-12(2)8-10-13/h3-10H,11H2,1-2H3. The summed E-state index contributed by atoms with van der Waals surface area (Å²) in [6.07, 6.45) is 6.35. The largest absolute Gasteiger partial charge is 0.454 e. The fourth-order valence-electron chi connectivity index (χ4n) is 1.25. The summed E-state index contributed by atoms with van der Waals surface area (Å²) in [4.78, 5) is 22.9. The van der Waals surface area contributed by atoms with Crippen molar-refractivity contribution < 1.29 is 14.3 Å². The molecule has 0 bridgehead atoms. The zero-order chi connectivity index (χ0) is 13.4. The van der Waals surface area contributed by atoms with Crippen LogP contribution in [0.2, 0.25) is 0 Å². The molecule has 94 valence electrons. The number of esters is 1. The molecule has 0 atom stereocenters.